The van der Waals surface area contributed by atoms with Gasteiger partial charge in [0.1, 0.15) is 5.75 Å². The van der Waals surface area contributed by atoms with E-state index in [9.17, 15) is 24.8 Å². The predicted octanol–water partition coefficient (Wildman–Crippen LogP) is 3.26. The quantitative estimate of drug-likeness (QED) is 0.211. The summed E-state index contributed by atoms with van der Waals surface area (Å²) in [6, 6.07) is 8.65. The highest BCUT2D eigenvalue weighted by Crippen LogP contribution is 2.39. The van der Waals surface area contributed by atoms with Crippen molar-refractivity contribution in [2.45, 2.75) is 6.92 Å². The number of nitro groups is 1. The van der Waals surface area contributed by atoms with Crippen LogP contribution in [0.2, 0.25) is 0 Å². The van der Waals surface area contributed by atoms with Crippen molar-refractivity contribution < 1.29 is 29.1 Å². The fourth-order valence-corrected chi connectivity index (χ4v) is 4.11. The van der Waals surface area contributed by atoms with Crippen LogP contribution in [0.15, 0.2) is 41.3 Å². The van der Waals surface area contributed by atoms with Crippen LogP contribution in [0.3, 0.4) is 0 Å². The van der Waals surface area contributed by atoms with Crippen molar-refractivity contribution >= 4 is 57.6 Å². The van der Waals surface area contributed by atoms with E-state index < -0.39 is 28.2 Å². The third kappa shape index (κ3) is 4.52. The Bertz CT molecular complexity index is 1130. The highest BCUT2D eigenvalue weighted by molar-refractivity contribution is 8.27. The van der Waals surface area contributed by atoms with Gasteiger partial charge in [-0.15, -0.1) is 0 Å². The summed E-state index contributed by atoms with van der Waals surface area (Å²) in [7, 11) is 1.22. The number of carbonyl (C=O) groups is 2. The summed E-state index contributed by atoms with van der Waals surface area (Å²) in [6.45, 7) is 1.90. The molecule has 3 rings (SSSR count). The summed E-state index contributed by atoms with van der Waals surface area (Å²) in [5.74, 6) is -2.06. The number of thiocarbonyl (C=S) groups is 1. The summed E-state index contributed by atoms with van der Waals surface area (Å²) >= 11 is 6.31. The highest BCUT2D eigenvalue weighted by atomic mass is 32.2. The van der Waals surface area contributed by atoms with Crippen LogP contribution in [0.1, 0.15) is 22.8 Å². The van der Waals surface area contributed by atoms with Crippen LogP contribution in [0, 0.1) is 10.1 Å². The monoisotopic (exact) mass is 459 g/mol. The molecule has 1 fully saturated rings. The smallest absolute Gasteiger partial charge is 0.338 e. The SMILES string of the molecule is CCOC(=O)c1cccc(N2C(=O)/C(=C/c3cc(OC)c([O-])c([N+](=O)[O-])c3)SC2=S)c1. The van der Waals surface area contributed by atoms with Crippen LogP contribution in [-0.4, -0.2) is 34.8 Å². The normalized spacial score (nSPS) is 14.8. The van der Waals surface area contributed by atoms with Crippen LogP contribution >= 0.6 is 24.0 Å². The van der Waals surface area contributed by atoms with Crippen LogP contribution in [-0.2, 0) is 9.53 Å². The molecule has 1 saturated heterocycles. The van der Waals surface area contributed by atoms with Crippen LogP contribution in [0.5, 0.6) is 11.5 Å². The largest absolute Gasteiger partial charge is 0.865 e. The van der Waals surface area contributed by atoms with E-state index in [1.807, 2.05) is 0 Å². The zero-order valence-corrected chi connectivity index (χ0v) is 18.0. The standard InChI is InChI=1S/C20H16N2O7S2/c1-3-29-19(25)12-5-4-6-13(10-12)21-18(24)16(31-20(21)30)9-11-7-14(22(26)27)17(23)15(8-11)28-2/h4-10,23H,3H2,1-2H3/p-1/b16-9-. The first kappa shape index (κ1) is 22.2. The van der Waals surface area contributed by atoms with Crippen LogP contribution in [0.4, 0.5) is 11.4 Å². The van der Waals surface area contributed by atoms with E-state index in [0.29, 0.717) is 5.69 Å². The molecule has 1 amide bonds. The Labute approximate surface area is 186 Å². The molecule has 9 nitrogen and oxygen atoms in total. The second-order valence-corrected chi connectivity index (χ2v) is 7.79. The zero-order valence-electron chi connectivity index (χ0n) is 16.3. The molecule has 160 valence electrons. The molecule has 0 aliphatic carbocycles. The fraction of sp³-hybridized carbons (Fsp3) is 0.150. The van der Waals surface area contributed by atoms with Gasteiger partial charge in [0, 0.05) is 11.8 Å². The summed E-state index contributed by atoms with van der Waals surface area (Å²) in [6.07, 6.45) is 1.39. The number of nitro benzene ring substituents is 1. The van der Waals surface area contributed by atoms with Gasteiger partial charge in [0.2, 0.25) is 0 Å². The molecular formula is C20H15N2O7S2-. The number of hydrogen-bond donors (Lipinski definition) is 0. The van der Waals surface area contributed by atoms with E-state index in [1.165, 1.54) is 30.2 Å². The van der Waals surface area contributed by atoms with Gasteiger partial charge in [0.25, 0.3) is 11.6 Å². The topological polar surface area (TPSA) is 122 Å². The molecule has 1 aliphatic heterocycles. The van der Waals surface area contributed by atoms with Crippen LogP contribution < -0.4 is 14.7 Å². The number of nitrogens with zero attached hydrogens (tertiary/aromatic N) is 2. The number of anilines is 1. The Morgan fingerprint density at radius 1 is 1.32 bits per heavy atom. The number of ether oxygens (including phenoxy) is 2. The molecule has 0 atom stereocenters. The average Bonchev–Trinajstić information content (AvgIpc) is 3.02. The Balaban J connectivity index is 1.97. The van der Waals surface area contributed by atoms with Gasteiger partial charge in [0.15, 0.2) is 4.32 Å². The molecule has 2 aromatic carbocycles. The Morgan fingerprint density at radius 2 is 2.06 bits per heavy atom. The van der Waals surface area contributed by atoms with Crippen molar-refractivity contribution in [1.29, 1.82) is 0 Å². The highest BCUT2D eigenvalue weighted by Gasteiger charge is 2.33. The van der Waals surface area contributed by atoms with Gasteiger partial charge in [0.05, 0.1) is 34.8 Å². The maximum absolute atomic E-state index is 13.0. The molecule has 0 N–H and O–H groups in total. The molecule has 1 heterocycles. The second-order valence-electron chi connectivity index (χ2n) is 6.12. The lowest BCUT2D eigenvalue weighted by atomic mass is 10.1. The minimum atomic E-state index is -0.854. The van der Waals surface area contributed by atoms with Gasteiger partial charge in [-0.1, -0.05) is 30.0 Å². The third-order valence-electron chi connectivity index (χ3n) is 4.18. The van der Waals surface area contributed by atoms with Crippen molar-refractivity contribution in [3.05, 3.63) is 62.5 Å². The van der Waals surface area contributed by atoms with E-state index in [4.69, 9.17) is 21.7 Å². The lowest BCUT2D eigenvalue weighted by molar-refractivity contribution is -0.398. The van der Waals surface area contributed by atoms with Crippen LogP contribution in [0.25, 0.3) is 6.08 Å². The molecule has 11 heteroatoms. The van der Waals surface area contributed by atoms with Gasteiger partial charge in [-0.05, 0) is 42.8 Å². The predicted molar refractivity (Wildman–Crippen MR) is 117 cm³/mol. The zero-order chi connectivity index (χ0) is 22.7. The van der Waals surface area contributed by atoms with E-state index in [0.717, 1.165) is 17.8 Å². The van der Waals surface area contributed by atoms with E-state index >= 15 is 0 Å². The molecule has 0 bridgehead atoms. The number of rotatable bonds is 6. The molecule has 0 radical (unpaired) electrons. The molecule has 0 spiro atoms. The summed E-state index contributed by atoms with van der Waals surface area (Å²) in [4.78, 5) is 36.8. The van der Waals surface area contributed by atoms with Gasteiger partial charge >= 0.3 is 5.97 Å². The van der Waals surface area contributed by atoms with Gasteiger partial charge in [-0.3, -0.25) is 19.8 Å². The number of thioether (sulfide) groups is 1. The number of benzene rings is 2. The lowest BCUT2D eigenvalue weighted by Gasteiger charge is -2.15. The summed E-state index contributed by atoms with van der Waals surface area (Å²) in [5, 5.41) is 23.1. The molecule has 0 saturated carbocycles. The number of methoxy groups -OCH3 is 1. The number of esters is 1. The molecule has 1 aliphatic rings. The first-order chi connectivity index (χ1) is 14.8. The minimum Gasteiger partial charge on any atom is -0.865 e. The molecule has 0 unspecified atom stereocenters. The van der Waals surface area contributed by atoms with E-state index in [1.54, 1.807) is 25.1 Å². The van der Waals surface area contributed by atoms with Gasteiger partial charge in [-0.25, -0.2) is 4.79 Å². The molecule has 2 aromatic rings. The Kier molecular flexibility index (Phi) is 6.56. The number of carbonyl (C=O) groups excluding carboxylic acids is 2. The Morgan fingerprint density at radius 3 is 2.71 bits per heavy atom. The molecule has 0 aromatic heterocycles. The van der Waals surface area contributed by atoms with Crippen molar-refractivity contribution in [2.75, 3.05) is 18.6 Å². The summed E-state index contributed by atoms with van der Waals surface area (Å²) < 4.78 is 10.1. The fourth-order valence-electron chi connectivity index (χ4n) is 2.81. The van der Waals surface area contributed by atoms with E-state index in [-0.39, 0.29) is 32.7 Å². The molecule has 31 heavy (non-hydrogen) atoms. The first-order valence-electron chi connectivity index (χ1n) is 8.85. The third-order valence-corrected chi connectivity index (χ3v) is 5.48. The first-order valence-corrected chi connectivity index (χ1v) is 10.1. The lowest BCUT2D eigenvalue weighted by Crippen LogP contribution is -2.27. The summed E-state index contributed by atoms with van der Waals surface area (Å²) in [5.41, 5.74) is 0.228. The second kappa shape index (κ2) is 9.14. The van der Waals surface area contributed by atoms with E-state index in [2.05, 4.69) is 0 Å². The van der Waals surface area contributed by atoms with Crippen molar-refractivity contribution in [1.82, 2.24) is 0 Å². The van der Waals surface area contributed by atoms with Crippen molar-refractivity contribution in [2.24, 2.45) is 0 Å². The average molecular weight is 459 g/mol. The maximum atomic E-state index is 13.0. The molecular weight excluding hydrogens is 444 g/mol. The number of hydrogen-bond acceptors (Lipinski definition) is 9. The van der Waals surface area contributed by atoms with Gasteiger partial charge < -0.3 is 14.6 Å². The van der Waals surface area contributed by atoms with Crippen molar-refractivity contribution in [3.63, 3.8) is 0 Å². The Hall–Kier alpha value is -3.44. The minimum absolute atomic E-state index is 0.196. The van der Waals surface area contributed by atoms with Gasteiger partial charge in [-0.2, -0.15) is 0 Å². The maximum Gasteiger partial charge on any atom is 0.338 e. The van der Waals surface area contributed by atoms with Crippen molar-refractivity contribution in [3.8, 4) is 11.5 Å². The number of amides is 1.